The fourth-order valence-corrected chi connectivity index (χ4v) is 4.94. The zero-order valence-corrected chi connectivity index (χ0v) is 14.4. The molecule has 0 aliphatic heterocycles. The van der Waals surface area contributed by atoms with Gasteiger partial charge >= 0.3 is 0 Å². The summed E-state index contributed by atoms with van der Waals surface area (Å²) < 4.78 is 1.12. The van der Waals surface area contributed by atoms with Gasteiger partial charge in [0.2, 0.25) is 0 Å². The van der Waals surface area contributed by atoms with Crippen LogP contribution in [0.4, 0.5) is 0 Å². The van der Waals surface area contributed by atoms with Crippen molar-refractivity contribution in [2.24, 2.45) is 17.8 Å². The summed E-state index contributed by atoms with van der Waals surface area (Å²) in [6.45, 7) is 3.17. The number of hydrogen-bond acceptors (Lipinski definition) is 1. The molecule has 2 saturated carbocycles. The van der Waals surface area contributed by atoms with Crippen LogP contribution in [-0.2, 0) is 0 Å². The maximum absolute atomic E-state index is 6.43. The number of nitrogens with one attached hydrogen (secondary N) is 1. The largest absolute Gasteiger partial charge is 0.310 e. The molecule has 0 radical (unpaired) electrons. The predicted molar refractivity (Wildman–Crippen MR) is 89.1 cm³/mol. The molecule has 2 bridgehead atoms. The minimum atomic E-state index is 0.398. The van der Waals surface area contributed by atoms with E-state index in [4.69, 9.17) is 11.6 Å². The molecule has 0 saturated heterocycles. The van der Waals surface area contributed by atoms with E-state index in [9.17, 15) is 0 Å². The first-order chi connectivity index (χ1) is 9.67. The molecule has 1 aromatic carbocycles. The fourth-order valence-electron chi connectivity index (χ4n) is 4.32. The minimum Gasteiger partial charge on any atom is -0.310 e. The molecule has 0 heterocycles. The van der Waals surface area contributed by atoms with Crippen LogP contribution < -0.4 is 5.32 Å². The van der Waals surface area contributed by atoms with Crippen LogP contribution in [0.3, 0.4) is 0 Å². The van der Waals surface area contributed by atoms with Gasteiger partial charge in [0.15, 0.2) is 0 Å². The third-order valence-corrected chi connectivity index (χ3v) is 6.04. The van der Waals surface area contributed by atoms with E-state index >= 15 is 0 Å². The van der Waals surface area contributed by atoms with Crippen LogP contribution in [0, 0.1) is 17.8 Å². The molecular weight excluding hydrogens is 334 g/mol. The van der Waals surface area contributed by atoms with E-state index in [2.05, 4.69) is 34.2 Å². The zero-order chi connectivity index (χ0) is 14.1. The van der Waals surface area contributed by atoms with Gasteiger partial charge in [0, 0.05) is 15.5 Å². The first kappa shape index (κ1) is 14.9. The van der Waals surface area contributed by atoms with Gasteiger partial charge in [0.25, 0.3) is 0 Å². The second kappa shape index (κ2) is 6.37. The van der Waals surface area contributed by atoms with Gasteiger partial charge in [-0.15, -0.1) is 0 Å². The van der Waals surface area contributed by atoms with Crippen molar-refractivity contribution in [3.8, 4) is 0 Å². The van der Waals surface area contributed by atoms with E-state index in [1.54, 1.807) is 0 Å². The monoisotopic (exact) mass is 355 g/mol. The minimum absolute atomic E-state index is 0.398. The van der Waals surface area contributed by atoms with Crippen LogP contribution in [0.15, 0.2) is 22.7 Å². The molecule has 3 heteroatoms. The maximum atomic E-state index is 6.43. The topological polar surface area (TPSA) is 12.0 Å². The van der Waals surface area contributed by atoms with Gasteiger partial charge in [-0.25, -0.2) is 0 Å². The van der Waals surface area contributed by atoms with Crippen molar-refractivity contribution in [3.05, 3.63) is 33.3 Å². The second-order valence-electron chi connectivity index (χ2n) is 6.45. The van der Waals surface area contributed by atoms with Gasteiger partial charge in [-0.05, 0) is 73.7 Å². The van der Waals surface area contributed by atoms with Gasteiger partial charge < -0.3 is 5.32 Å². The van der Waals surface area contributed by atoms with Gasteiger partial charge in [-0.3, -0.25) is 0 Å². The summed E-state index contributed by atoms with van der Waals surface area (Å²) in [5.41, 5.74) is 1.26. The Balaban J connectivity index is 1.76. The number of hydrogen-bond donors (Lipinski definition) is 1. The fraction of sp³-hybridized carbons (Fsp3) is 0.647. The van der Waals surface area contributed by atoms with Crippen LogP contribution >= 0.6 is 27.5 Å². The van der Waals surface area contributed by atoms with Crippen LogP contribution in [0.5, 0.6) is 0 Å². The molecule has 20 heavy (non-hydrogen) atoms. The summed E-state index contributed by atoms with van der Waals surface area (Å²) in [5, 5.41) is 4.54. The van der Waals surface area contributed by atoms with Crippen LogP contribution in [0.25, 0.3) is 0 Å². The number of fused-ring (bicyclic) bond motifs is 2. The standard InChI is InChI=1S/C17H23BrClN/c1-2-20-17(15-10-14(18)5-6-16(15)19)9-13-8-11-3-4-12(13)7-11/h5-6,10-13,17,20H,2-4,7-9H2,1H3. The smallest absolute Gasteiger partial charge is 0.0454 e. The predicted octanol–water partition coefficient (Wildman–Crippen LogP) is 5.58. The normalized spacial score (nSPS) is 29.9. The molecular formula is C17H23BrClN. The van der Waals surface area contributed by atoms with Crippen molar-refractivity contribution in [1.82, 2.24) is 5.32 Å². The Morgan fingerprint density at radius 2 is 2.20 bits per heavy atom. The summed E-state index contributed by atoms with van der Waals surface area (Å²) in [5.74, 6) is 2.89. The highest BCUT2D eigenvalue weighted by Gasteiger charge is 2.40. The first-order valence-electron chi connectivity index (χ1n) is 7.85. The van der Waals surface area contributed by atoms with Gasteiger partial charge in [-0.1, -0.05) is 40.9 Å². The quantitative estimate of drug-likeness (QED) is 0.726. The summed E-state index contributed by atoms with van der Waals surface area (Å²) in [6.07, 6.45) is 7.10. The Bertz CT molecular complexity index is 476. The summed E-state index contributed by atoms with van der Waals surface area (Å²) in [6, 6.07) is 6.61. The van der Waals surface area contributed by atoms with Gasteiger partial charge in [-0.2, -0.15) is 0 Å². The molecule has 110 valence electrons. The average Bonchev–Trinajstić information content (AvgIpc) is 3.03. The zero-order valence-electron chi connectivity index (χ0n) is 12.0. The number of benzene rings is 1. The van der Waals surface area contributed by atoms with E-state index in [1.165, 1.54) is 37.7 Å². The highest BCUT2D eigenvalue weighted by molar-refractivity contribution is 9.10. The van der Waals surface area contributed by atoms with Crippen molar-refractivity contribution < 1.29 is 0 Å². The van der Waals surface area contributed by atoms with E-state index < -0.39 is 0 Å². The Labute approximate surface area is 135 Å². The van der Waals surface area contributed by atoms with Crippen molar-refractivity contribution in [3.63, 3.8) is 0 Å². The first-order valence-corrected chi connectivity index (χ1v) is 9.02. The van der Waals surface area contributed by atoms with Crippen molar-refractivity contribution in [2.45, 2.75) is 45.1 Å². The molecule has 3 rings (SSSR count). The molecule has 1 nitrogen and oxygen atoms in total. The van der Waals surface area contributed by atoms with Crippen LogP contribution in [0.1, 0.15) is 50.6 Å². The van der Waals surface area contributed by atoms with E-state index in [-0.39, 0.29) is 0 Å². The van der Waals surface area contributed by atoms with Crippen LogP contribution in [0.2, 0.25) is 5.02 Å². The molecule has 4 atom stereocenters. The molecule has 0 spiro atoms. The number of halogens is 2. The highest BCUT2D eigenvalue weighted by Crippen LogP contribution is 2.51. The Kier molecular flexibility index (Phi) is 4.74. The highest BCUT2D eigenvalue weighted by atomic mass is 79.9. The summed E-state index contributed by atoms with van der Waals surface area (Å²) in [4.78, 5) is 0. The van der Waals surface area contributed by atoms with Crippen LogP contribution in [-0.4, -0.2) is 6.54 Å². The lowest BCUT2D eigenvalue weighted by Crippen LogP contribution is -2.25. The Hall–Kier alpha value is -0.0500. The molecule has 0 amide bonds. The lowest BCUT2D eigenvalue weighted by atomic mass is 9.82. The van der Waals surface area contributed by atoms with E-state index in [0.29, 0.717) is 6.04 Å². The SMILES string of the molecule is CCNC(CC1CC2CCC1C2)c1cc(Br)ccc1Cl. The lowest BCUT2D eigenvalue weighted by molar-refractivity contribution is 0.280. The molecule has 2 aliphatic carbocycles. The van der Waals surface area contributed by atoms with Crippen molar-refractivity contribution in [1.29, 1.82) is 0 Å². The molecule has 2 fully saturated rings. The summed E-state index contributed by atoms with van der Waals surface area (Å²) in [7, 11) is 0. The van der Waals surface area contributed by atoms with Crippen molar-refractivity contribution >= 4 is 27.5 Å². The second-order valence-corrected chi connectivity index (χ2v) is 7.77. The third-order valence-electron chi connectivity index (χ3n) is 5.21. The molecule has 2 aliphatic rings. The summed E-state index contributed by atoms with van der Waals surface area (Å²) >= 11 is 10.0. The molecule has 0 aromatic heterocycles. The van der Waals surface area contributed by atoms with Gasteiger partial charge in [0.1, 0.15) is 0 Å². The Morgan fingerprint density at radius 3 is 2.85 bits per heavy atom. The van der Waals surface area contributed by atoms with E-state index in [0.717, 1.165) is 33.8 Å². The van der Waals surface area contributed by atoms with Crippen molar-refractivity contribution in [2.75, 3.05) is 6.54 Å². The van der Waals surface area contributed by atoms with E-state index in [1.807, 2.05) is 12.1 Å². The number of rotatable bonds is 5. The maximum Gasteiger partial charge on any atom is 0.0454 e. The third kappa shape index (κ3) is 3.08. The molecule has 4 unspecified atom stereocenters. The van der Waals surface area contributed by atoms with Gasteiger partial charge in [0.05, 0.1) is 0 Å². The lowest BCUT2D eigenvalue weighted by Gasteiger charge is -2.28. The average molecular weight is 357 g/mol. The molecule has 1 aromatic rings. The molecule has 1 N–H and O–H groups in total. The Morgan fingerprint density at radius 1 is 1.35 bits per heavy atom.